The van der Waals surface area contributed by atoms with Gasteiger partial charge in [0.05, 0.1) is 6.10 Å². The third-order valence-electron chi connectivity index (χ3n) is 8.93. The fourth-order valence-corrected chi connectivity index (χ4v) is 7.82. The molecule has 0 aromatic heterocycles. The standard InChI is InChI=1S/C22H34O2/c1-13-11-16-18-6-5-17(14(2)23)21(18,3)10-8-19(16)22(4)9-7-15(24)12-20(13)22/h12-14,16-19,23H,5-11H2,1-4H3. The maximum atomic E-state index is 12.0. The summed E-state index contributed by atoms with van der Waals surface area (Å²) in [5, 5.41) is 10.3. The predicted molar refractivity (Wildman–Crippen MR) is 96.4 cm³/mol. The van der Waals surface area contributed by atoms with Crippen LogP contribution < -0.4 is 0 Å². The Bertz CT molecular complexity index is 577. The van der Waals surface area contributed by atoms with Gasteiger partial charge in [-0.3, -0.25) is 4.79 Å². The van der Waals surface area contributed by atoms with E-state index in [1.54, 1.807) is 0 Å². The van der Waals surface area contributed by atoms with Gasteiger partial charge in [-0.2, -0.15) is 0 Å². The zero-order chi connectivity index (χ0) is 17.3. The van der Waals surface area contributed by atoms with Crippen LogP contribution in [0.15, 0.2) is 11.6 Å². The molecule has 0 spiro atoms. The second kappa shape index (κ2) is 5.43. The molecule has 3 fully saturated rings. The number of aliphatic hydroxyl groups excluding tert-OH is 1. The van der Waals surface area contributed by atoms with Crippen molar-refractivity contribution in [2.75, 3.05) is 0 Å². The summed E-state index contributed by atoms with van der Waals surface area (Å²) in [5.74, 6) is 3.69. The van der Waals surface area contributed by atoms with E-state index in [1.165, 1.54) is 37.7 Å². The topological polar surface area (TPSA) is 37.3 Å². The molecule has 3 saturated carbocycles. The zero-order valence-corrected chi connectivity index (χ0v) is 15.8. The average Bonchev–Trinajstić information content (AvgIpc) is 2.87. The van der Waals surface area contributed by atoms with Gasteiger partial charge in [0, 0.05) is 6.42 Å². The van der Waals surface area contributed by atoms with E-state index in [1.807, 2.05) is 13.0 Å². The van der Waals surface area contributed by atoms with Crippen molar-refractivity contribution in [1.29, 1.82) is 0 Å². The fourth-order valence-electron chi connectivity index (χ4n) is 7.82. The quantitative estimate of drug-likeness (QED) is 0.752. The molecule has 0 saturated heterocycles. The molecule has 4 aliphatic rings. The highest BCUT2D eigenvalue weighted by Crippen LogP contribution is 2.67. The van der Waals surface area contributed by atoms with Gasteiger partial charge in [0.15, 0.2) is 5.78 Å². The lowest BCUT2D eigenvalue weighted by atomic mass is 9.45. The van der Waals surface area contributed by atoms with Gasteiger partial charge < -0.3 is 5.11 Å². The van der Waals surface area contributed by atoms with Crippen molar-refractivity contribution in [3.05, 3.63) is 11.6 Å². The highest BCUT2D eigenvalue weighted by atomic mass is 16.3. The fraction of sp³-hybridized carbons (Fsp3) is 0.864. The molecule has 2 nitrogen and oxygen atoms in total. The summed E-state index contributed by atoms with van der Waals surface area (Å²) in [7, 11) is 0. The van der Waals surface area contributed by atoms with Crippen molar-refractivity contribution in [2.24, 2.45) is 40.4 Å². The highest BCUT2D eigenvalue weighted by Gasteiger charge is 2.60. The second-order valence-electron chi connectivity index (χ2n) is 9.97. The van der Waals surface area contributed by atoms with Gasteiger partial charge in [0.2, 0.25) is 0 Å². The summed E-state index contributed by atoms with van der Waals surface area (Å²) in [6.07, 6.45) is 9.96. The van der Waals surface area contributed by atoms with Gasteiger partial charge in [-0.1, -0.05) is 26.3 Å². The number of aliphatic hydroxyl groups is 1. The molecular formula is C22H34O2. The van der Waals surface area contributed by atoms with Crippen LogP contribution in [-0.2, 0) is 4.79 Å². The van der Waals surface area contributed by atoms with Crippen LogP contribution in [0, 0.1) is 40.4 Å². The molecule has 0 radical (unpaired) electrons. The molecule has 0 aromatic rings. The Labute approximate surface area is 147 Å². The van der Waals surface area contributed by atoms with Gasteiger partial charge in [0.1, 0.15) is 0 Å². The molecule has 134 valence electrons. The van der Waals surface area contributed by atoms with E-state index in [0.717, 1.165) is 30.6 Å². The van der Waals surface area contributed by atoms with E-state index < -0.39 is 0 Å². The molecule has 0 aromatic carbocycles. The molecule has 2 heteroatoms. The maximum absolute atomic E-state index is 12.0. The molecule has 0 aliphatic heterocycles. The van der Waals surface area contributed by atoms with Gasteiger partial charge in [-0.15, -0.1) is 0 Å². The van der Waals surface area contributed by atoms with Crippen LogP contribution in [0.3, 0.4) is 0 Å². The third-order valence-corrected chi connectivity index (χ3v) is 8.93. The lowest BCUT2D eigenvalue weighted by molar-refractivity contribution is -0.118. The average molecular weight is 331 g/mol. The number of carbonyl (C=O) groups is 1. The van der Waals surface area contributed by atoms with E-state index in [2.05, 4.69) is 20.8 Å². The van der Waals surface area contributed by atoms with Gasteiger partial charge in [-0.05, 0) is 91.9 Å². The number of hydrogen-bond acceptors (Lipinski definition) is 2. The molecule has 8 atom stereocenters. The van der Waals surface area contributed by atoms with E-state index in [-0.39, 0.29) is 11.5 Å². The van der Waals surface area contributed by atoms with Crippen LogP contribution in [0.25, 0.3) is 0 Å². The first-order chi connectivity index (χ1) is 11.3. The zero-order valence-electron chi connectivity index (χ0n) is 15.8. The Hall–Kier alpha value is -0.630. The first-order valence-electron chi connectivity index (χ1n) is 10.2. The summed E-state index contributed by atoms with van der Waals surface area (Å²) < 4.78 is 0. The number of ketones is 1. The van der Waals surface area contributed by atoms with Crippen LogP contribution in [0.2, 0.25) is 0 Å². The molecule has 4 rings (SSSR count). The molecular weight excluding hydrogens is 296 g/mol. The Morgan fingerprint density at radius 2 is 1.92 bits per heavy atom. The van der Waals surface area contributed by atoms with E-state index in [9.17, 15) is 9.90 Å². The van der Waals surface area contributed by atoms with Crippen molar-refractivity contribution in [2.45, 2.75) is 78.7 Å². The summed E-state index contributed by atoms with van der Waals surface area (Å²) >= 11 is 0. The lowest BCUT2D eigenvalue weighted by Crippen LogP contribution is -2.52. The largest absolute Gasteiger partial charge is 0.393 e. The van der Waals surface area contributed by atoms with Crippen molar-refractivity contribution in [1.82, 2.24) is 0 Å². The van der Waals surface area contributed by atoms with Crippen molar-refractivity contribution < 1.29 is 9.90 Å². The van der Waals surface area contributed by atoms with E-state index in [4.69, 9.17) is 0 Å². The van der Waals surface area contributed by atoms with Crippen molar-refractivity contribution >= 4 is 5.78 Å². The molecule has 24 heavy (non-hydrogen) atoms. The number of allylic oxidation sites excluding steroid dienone is 1. The lowest BCUT2D eigenvalue weighted by Gasteiger charge is -2.59. The molecule has 0 amide bonds. The first kappa shape index (κ1) is 16.8. The Kier molecular flexibility index (Phi) is 3.81. The second-order valence-corrected chi connectivity index (χ2v) is 9.97. The van der Waals surface area contributed by atoms with Crippen LogP contribution in [0.5, 0.6) is 0 Å². The maximum Gasteiger partial charge on any atom is 0.155 e. The van der Waals surface area contributed by atoms with Gasteiger partial charge in [0.25, 0.3) is 0 Å². The molecule has 4 aliphatic carbocycles. The minimum absolute atomic E-state index is 0.170. The highest BCUT2D eigenvalue weighted by molar-refractivity contribution is 5.91. The van der Waals surface area contributed by atoms with Crippen LogP contribution in [0.4, 0.5) is 0 Å². The Balaban J connectivity index is 1.70. The predicted octanol–water partition coefficient (Wildman–Crippen LogP) is 4.76. The number of hydrogen-bond donors (Lipinski definition) is 1. The van der Waals surface area contributed by atoms with E-state index >= 15 is 0 Å². The van der Waals surface area contributed by atoms with Gasteiger partial charge in [-0.25, -0.2) is 0 Å². The van der Waals surface area contributed by atoms with Crippen LogP contribution in [0.1, 0.15) is 72.6 Å². The van der Waals surface area contributed by atoms with E-state index in [0.29, 0.717) is 23.0 Å². The number of fused-ring (bicyclic) bond motifs is 5. The molecule has 1 N–H and O–H groups in total. The minimum atomic E-state index is -0.170. The summed E-state index contributed by atoms with van der Waals surface area (Å²) in [6, 6.07) is 0. The molecule has 0 bridgehead atoms. The Morgan fingerprint density at radius 1 is 1.17 bits per heavy atom. The smallest absolute Gasteiger partial charge is 0.155 e. The minimum Gasteiger partial charge on any atom is -0.393 e. The summed E-state index contributed by atoms with van der Waals surface area (Å²) in [6.45, 7) is 9.29. The number of rotatable bonds is 1. The van der Waals surface area contributed by atoms with Crippen molar-refractivity contribution in [3.8, 4) is 0 Å². The van der Waals surface area contributed by atoms with Crippen molar-refractivity contribution in [3.63, 3.8) is 0 Å². The molecule has 0 heterocycles. The normalized spacial score (nSPS) is 52.1. The summed E-state index contributed by atoms with van der Waals surface area (Å²) in [4.78, 5) is 12.0. The first-order valence-corrected chi connectivity index (χ1v) is 10.2. The Morgan fingerprint density at radius 3 is 2.62 bits per heavy atom. The monoisotopic (exact) mass is 330 g/mol. The molecule has 8 unspecified atom stereocenters. The SMILES string of the molecule is CC1CC2C(CCC3(C)C(C(C)O)CCC23)C2(C)CCC(=O)C=C12. The third kappa shape index (κ3) is 2.14. The number of carbonyl (C=O) groups excluding carboxylic acids is 1. The van der Waals surface area contributed by atoms with Gasteiger partial charge >= 0.3 is 0 Å². The van der Waals surface area contributed by atoms with Crippen LogP contribution >= 0.6 is 0 Å². The van der Waals surface area contributed by atoms with Crippen LogP contribution in [-0.4, -0.2) is 17.0 Å². The summed E-state index contributed by atoms with van der Waals surface area (Å²) in [5.41, 5.74) is 2.05.